The average molecular weight is 349 g/mol. The highest BCUT2D eigenvalue weighted by molar-refractivity contribution is 5.74. The first-order valence-electron chi connectivity index (χ1n) is 9.30. The van der Waals surface area contributed by atoms with Crippen LogP contribution in [0.3, 0.4) is 0 Å². The SMILES string of the molecule is Cc1cc(-c2ccccc2)ccc1Nc1ccc(-c2ccccc2)cc1C. The standard InChI is InChI=1S/C26H23N/c1-19-17-23(21-9-5-3-6-10-21)13-15-25(19)27-26-16-14-24(18-20(26)2)22-11-7-4-8-12-22/h3-18,27H,1-2H3. The van der Waals surface area contributed by atoms with Crippen LogP contribution in [0.5, 0.6) is 0 Å². The third-order valence-corrected chi connectivity index (χ3v) is 4.94. The summed E-state index contributed by atoms with van der Waals surface area (Å²) >= 11 is 0. The smallest absolute Gasteiger partial charge is 0.0414 e. The summed E-state index contributed by atoms with van der Waals surface area (Å²) in [6, 6.07) is 34.2. The van der Waals surface area contributed by atoms with Gasteiger partial charge in [-0.25, -0.2) is 0 Å². The molecule has 0 aromatic heterocycles. The van der Waals surface area contributed by atoms with Crippen LogP contribution in [0.25, 0.3) is 22.3 Å². The molecule has 1 nitrogen and oxygen atoms in total. The van der Waals surface area contributed by atoms with Gasteiger partial charge < -0.3 is 5.32 Å². The van der Waals surface area contributed by atoms with E-state index in [1.54, 1.807) is 0 Å². The summed E-state index contributed by atoms with van der Waals surface area (Å²) in [5.41, 5.74) is 9.75. The minimum Gasteiger partial charge on any atom is -0.355 e. The molecule has 0 atom stereocenters. The van der Waals surface area contributed by atoms with Gasteiger partial charge in [0.15, 0.2) is 0 Å². The predicted octanol–water partition coefficient (Wildman–Crippen LogP) is 7.38. The van der Waals surface area contributed by atoms with Gasteiger partial charge in [-0.05, 0) is 71.5 Å². The maximum atomic E-state index is 3.60. The maximum Gasteiger partial charge on any atom is 0.0414 e. The highest BCUT2D eigenvalue weighted by Crippen LogP contribution is 2.30. The lowest BCUT2D eigenvalue weighted by Crippen LogP contribution is -1.96. The van der Waals surface area contributed by atoms with Crippen molar-refractivity contribution in [3.05, 3.63) is 108 Å². The third-order valence-electron chi connectivity index (χ3n) is 4.94. The molecule has 4 aromatic carbocycles. The molecule has 1 N–H and O–H groups in total. The zero-order valence-corrected chi connectivity index (χ0v) is 15.7. The topological polar surface area (TPSA) is 12.0 Å². The Labute approximate surface area is 161 Å². The van der Waals surface area contributed by atoms with Crippen molar-refractivity contribution in [1.29, 1.82) is 0 Å². The molecule has 27 heavy (non-hydrogen) atoms. The van der Waals surface area contributed by atoms with E-state index in [1.165, 1.54) is 33.4 Å². The van der Waals surface area contributed by atoms with Crippen LogP contribution in [0.15, 0.2) is 97.1 Å². The van der Waals surface area contributed by atoms with Crippen LogP contribution >= 0.6 is 0 Å². The van der Waals surface area contributed by atoms with Crippen LogP contribution in [0, 0.1) is 13.8 Å². The fourth-order valence-corrected chi connectivity index (χ4v) is 3.37. The summed E-state index contributed by atoms with van der Waals surface area (Å²) in [6.07, 6.45) is 0. The van der Waals surface area contributed by atoms with E-state index in [0.29, 0.717) is 0 Å². The quantitative estimate of drug-likeness (QED) is 0.405. The number of rotatable bonds is 4. The summed E-state index contributed by atoms with van der Waals surface area (Å²) < 4.78 is 0. The first-order valence-corrected chi connectivity index (χ1v) is 9.30. The van der Waals surface area contributed by atoms with Crippen molar-refractivity contribution in [2.24, 2.45) is 0 Å². The van der Waals surface area contributed by atoms with Crippen molar-refractivity contribution in [3.63, 3.8) is 0 Å². The molecule has 0 aliphatic rings. The Morgan fingerprint density at radius 1 is 0.444 bits per heavy atom. The molecule has 0 heterocycles. The van der Waals surface area contributed by atoms with E-state index in [9.17, 15) is 0 Å². The number of aryl methyl sites for hydroxylation is 2. The van der Waals surface area contributed by atoms with Crippen LogP contribution < -0.4 is 5.32 Å². The van der Waals surface area contributed by atoms with E-state index in [-0.39, 0.29) is 0 Å². The second kappa shape index (κ2) is 7.51. The Morgan fingerprint density at radius 3 is 1.22 bits per heavy atom. The predicted molar refractivity (Wildman–Crippen MR) is 117 cm³/mol. The molecule has 0 saturated carbocycles. The molecule has 1 heteroatoms. The van der Waals surface area contributed by atoms with Gasteiger partial charge in [0.05, 0.1) is 0 Å². The maximum absolute atomic E-state index is 3.60. The van der Waals surface area contributed by atoms with Crippen molar-refractivity contribution < 1.29 is 0 Å². The van der Waals surface area contributed by atoms with Crippen LogP contribution in [0.1, 0.15) is 11.1 Å². The summed E-state index contributed by atoms with van der Waals surface area (Å²) in [4.78, 5) is 0. The second-order valence-corrected chi connectivity index (χ2v) is 6.92. The van der Waals surface area contributed by atoms with Gasteiger partial charge in [0, 0.05) is 11.4 Å². The van der Waals surface area contributed by atoms with Crippen molar-refractivity contribution >= 4 is 11.4 Å². The van der Waals surface area contributed by atoms with Gasteiger partial charge >= 0.3 is 0 Å². The fourth-order valence-electron chi connectivity index (χ4n) is 3.37. The summed E-state index contributed by atoms with van der Waals surface area (Å²) in [7, 11) is 0. The van der Waals surface area contributed by atoms with E-state index in [1.807, 2.05) is 12.1 Å². The minimum absolute atomic E-state index is 1.14. The summed E-state index contributed by atoms with van der Waals surface area (Å²) in [5, 5.41) is 3.60. The molecule has 4 rings (SSSR count). The van der Waals surface area contributed by atoms with E-state index in [0.717, 1.165) is 11.4 Å². The number of nitrogens with one attached hydrogen (secondary N) is 1. The molecule has 0 saturated heterocycles. The molecule has 0 bridgehead atoms. The Hall–Kier alpha value is -3.32. The van der Waals surface area contributed by atoms with E-state index in [2.05, 4.69) is 104 Å². The number of benzene rings is 4. The van der Waals surface area contributed by atoms with Gasteiger partial charge in [0.25, 0.3) is 0 Å². The first kappa shape index (κ1) is 17.1. The van der Waals surface area contributed by atoms with E-state index < -0.39 is 0 Å². The molecule has 4 aromatic rings. The highest BCUT2D eigenvalue weighted by atomic mass is 14.9. The Morgan fingerprint density at radius 2 is 0.852 bits per heavy atom. The minimum atomic E-state index is 1.14. The fraction of sp³-hybridized carbons (Fsp3) is 0.0769. The zero-order chi connectivity index (χ0) is 18.6. The number of anilines is 2. The lowest BCUT2D eigenvalue weighted by Gasteiger charge is -2.14. The lowest BCUT2D eigenvalue weighted by atomic mass is 10.0. The Balaban J connectivity index is 1.59. The molecule has 0 radical (unpaired) electrons. The van der Waals surface area contributed by atoms with E-state index >= 15 is 0 Å². The van der Waals surface area contributed by atoms with Crippen molar-refractivity contribution in [1.82, 2.24) is 0 Å². The molecular weight excluding hydrogens is 326 g/mol. The normalized spacial score (nSPS) is 10.6. The van der Waals surface area contributed by atoms with Crippen LogP contribution in [0.2, 0.25) is 0 Å². The largest absolute Gasteiger partial charge is 0.355 e. The van der Waals surface area contributed by atoms with Gasteiger partial charge in [-0.1, -0.05) is 72.8 Å². The molecule has 0 aliphatic carbocycles. The monoisotopic (exact) mass is 349 g/mol. The third kappa shape index (κ3) is 3.78. The zero-order valence-electron chi connectivity index (χ0n) is 15.7. The summed E-state index contributed by atoms with van der Waals surface area (Å²) in [5.74, 6) is 0. The number of hydrogen-bond acceptors (Lipinski definition) is 1. The van der Waals surface area contributed by atoms with Gasteiger partial charge in [0.1, 0.15) is 0 Å². The summed E-state index contributed by atoms with van der Waals surface area (Å²) in [6.45, 7) is 4.31. The molecule has 0 spiro atoms. The van der Waals surface area contributed by atoms with Gasteiger partial charge in [-0.2, -0.15) is 0 Å². The Kier molecular flexibility index (Phi) is 4.76. The molecule has 0 aliphatic heterocycles. The van der Waals surface area contributed by atoms with Gasteiger partial charge in [0.2, 0.25) is 0 Å². The van der Waals surface area contributed by atoms with Crippen LogP contribution in [0.4, 0.5) is 11.4 Å². The molecule has 0 unspecified atom stereocenters. The van der Waals surface area contributed by atoms with Crippen molar-refractivity contribution in [3.8, 4) is 22.3 Å². The number of hydrogen-bond donors (Lipinski definition) is 1. The van der Waals surface area contributed by atoms with Gasteiger partial charge in [-0.3, -0.25) is 0 Å². The van der Waals surface area contributed by atoms with Crippen LogP contribution in [-0.2, 0) is 0 Å². The Bertz CT molecular complexity index is 963. The first-order chi connectivity index (χ1) is 13.2. The van der Waals surface area contributed by atoms with E-state index in [4.69, 9.17) is 0 Å². The second-order valence-electron chi connectivity index (χ2n) is 6.92. The molecule has 0 fully saturated rings. The highest BCUT2D eigenvalue weighted by Gasteiger charge is 2.06. The van der Waals surface area contributed by atoms with Crippen molar-refractivity contribution in [2.45, 2.75) is 13.8 Å². The molecule has 132 valence electrons. The molecule has 0 amide bonds. The lowest BCUT2D eigenvalue weighted by molar-refractivity contribution is 1.39. The molecular formula is C26H23N. The average Bonchev–Trinajstić information content (AvgIpc) is 2.72. The van der Waals surface area contributed by atoms with Gasteiger partial charge in [-0.15, -0.1) is 0 Å². The van der Waals surface area contributed by atoms with Crippen LogP contribution in [-0.4, -0.2) is 0 Å². The van der Waals surface area contributed by atoms with Crippen molar-refractivity contribution in [2.75, 3.05) is 5.32 Å².